The predicted molar refractivity (Wildman–Crippen MR) is 143 cm³/mol. The Morgan fingerprint density at radius 3 is 1.72 bits per heavy atom. The summed E-state index contributed by atoms with van der Waals surface area (Å²) < 4.78 is 16.2. The molecule has 0 radical (unpaired) electrons. The summed E-state index contributed by atoms with van der Waals surface area (Å²) in [7, 11) is 0. The van der Waals surface area contributed by atoms with Crippen molar-refractivity contribution in [2.45, 2.75) is 97.1 Å². The second-order valence-corrected chi connectivity index (χ2v) is 9.77. The Hall–Kier alpha value is -2.34. The van der Waals surface area contributed by atoms with Gasteiger partial charge in [0.25, 0.3) is 5.91 Å². The molecule has 0 aliphatic rings. The Bertz CT molecular complexity index is 827. The molecule has 1 amide bonds. The minimum atomic E-state index is -0.213. The molecule has 200 valence electrons. The van der Waals surface area contributed by atoms with Crippen molar-refractivity contribution in [3.63, 3.8) is 0 Å². The summed E-state index contributed by atoms with van der Waals surface area (Å²) in [5.41, 5.74) is 2.21. The third-order valence-corrected chi connectivity index (χ3v) is 6.74. The summed E-state index contributed by atoms with van der Waals surface area (Å²) in [4.78, 5) is 15.2. The minimum absolute atomic E-state index is 0.125. The van der Waals surface area contributed by atoms with Gasteiger partial charge in [-0.25, -0.2) is 4.57 Å². The van der Waals surface area contributed by atoms with Gasteiger partial charge in [0.05, 0.1) is 6.67 Å². The summed E-state index contributed by atoms with van der Waals surface area (Å²) in [5.74, 6) is 0.184. The predicted octanol–water partition coefficient (Wildman–Crippen LogP) is 5.42. The van der Waals surface area contributed by atoms with Crippen molar-refractivity contribution in [3.8, 4) is 11.1 Å². The van der Waals surface area contributed by atoms with E-state index in [0.717, 1.165) is 62.7 Å². The van der Waals surface area contributed by atoms with Gasteiger partial charge in [-0.15, -0.1) is 0 Å². The number of amides is 1. The highest BCUT2D eigenvalue weighted by Crippen LogP contribution is 2.15. The van der Waals surface area contributed by atoms with E-state index in [1.165, 1.54) is 32.1 Å². The van der Waals surface area contributed by atoms with Crippen LogP contribution in [0.15, 0.2) is 49.1 Å². The number of alkyl halides is 1. The van der Waals surface area contributed by atoms with Crippen LogP contribution in [-0.2, 0) is 17.9 Å². The number of nitrogens with zero attached hydrogens (tertiary/aromatic N) is 3. The first kappa shape index (κ1) is 29.9. The van der Waals surface area contributed by atoms with Gasteiger partial charge < -0.3 is 10.0 Å². The Kier molecular flexibility index (Phi) is 15.7. The van der Waals surface area contributed by atoms with E-state index in [9.17, 15) is 9.18 Å². The zero-order valence-electron chi connectivity index (χ0n) is 22.4. The number of hydrogen-bond donors (Lipinski definition) is 1. The zero-order chi connectivity index (χ0) is 25.8. The van der Waals surface area contributed by atoms with Crippen LogP contribution in [0.1, 0.15) is 84.0 Å². The molecule has 0 saturated heterocycles. The molecule has 5 nitrogen and oxygen atoms in total. The van der Waals surface area contributed by atoms with Gasteiger partial charge in [0, 0.05) is 37.4 Å². The lowest BCUT2D eigenvalue weighted by atomic mass is 10.1. The van der Waals surface area contributed by atoms with Crippen LogP contribution in [0.25, 0.3) is 11.1 Å². The number of aliphatic hydroxyl groups excluding tert-OH is 1. The number of aliphatic hydroxyl groups is 1. The van der Waals surface area contributed by atoms with E-state index < -0.39 is 0 Å². The molecule has 0 unspecified atom stereocenters. The highest BCUT2D eigenvalue weighted by atomic mass is 19.1. The maximum Gasteiger partial charge on any atom is 0.288 e. The van der Waals surface area contributed by atoms with Gasteiger partial charge >= 0.3 is 0 Å². The SMILES string of the molecule is CCCCCCCCN(CCCCCCCCF)C(=O)C[n+]1ccc(-c2cc[n+](CCO)cc2)cc1. The Morgan fingerprint density at radius 1 is 0.750 bits per heavy atom. The molecule has 0 spiro atoms. The van der Waals surface area contributed by atoms with Crippen LogP contribution in [0, 0.1) is 0 Å². The molecule has 0 aromatic carbocycles. The van der Waals surface area contributed by atoms with E-state index in [-0.39, 0.29) is 19.2 Å². The number of aromatic nitrogens is 2. The van der Waals surface area contributed by atoms with Crippen molar-refractivity contribution < 1.29 is 23.4 Å². The van der Waals surface area contributed by atoms with Crippen molar-refractivity contribution >= 4 is 5.91 Å². The summed E-state index contributed by atoms with van der Waals surface area (Å²) in [6, 6.07) is 8.18. The quantitative estimate of drug-likeness (QED) is 0.195. The topological polar surface area (TPSA) is 48.3 Å². The molecule has 0 saturated carbocycles. The molecule has 0 aliphatic carbocycles. The van der Waals surface area contributed by atoms with Gasteiger partial charge in [-0.3, -0.25) is 9.18 Å². The fraction of sp³-hybridized carbons (Fsp3) is 0.633. The molecule has 2 aromatic heterocycles. The molecule has 1 N–H and O–H groups in total. The van der Waals surface area contributed by atoms with Crippen LogP contribution >= 0.6 is 0 Å². The van der Waals surface area contributed by atoms with E-state index >= 15 is 0 Å². The van der Waals surface area contributed by atoms with Crippen molar-refractivity contribution in [2.75, 3.05) is 26.4 Å². The minimum Gasteiger partial charge on any atom is -0.390 e. The van der Waals surface area contributed by atoms with Crippen LogP contribution in [-0.4, -0.2) is 42.3 Å². The molecule has 2 aromatic rings. The standard InChI is InChI=1S/C30H48FN3O2/c1-2-3-4-5-9-12-19-34(20-13-10-7-6-8-11-18-31)30(36)27-33-23-16-29(17-24-33)28-14-21-32(22-15-28)25-26-35/h14-17,21-24,35H,2-13,18-20,25-27H2,1H3/q+2. The van der Waals surface area contributed by atoms with Crippen molar-refractivity contribution in [1.29, 1.82) is 0 Å². The van der Waals surface area contributed by atoms with Crippen molar-refractivity contribution in [2.24, 2.45) is 0 Å². The Labute approximate surface area is 218 Å². The average Bonchev–Trinajstić information content (AvgIpc) is 2.90. The maximum atomic E-state index is 13.2. The van der Waals surface area contributed by atoms with Gasteiger partial charge in [-0.1, -0.05) is 64.7 Å². The lowest BCUT2D eigenvalue weighted by Crippen LogP contribution is -2.45. The number of halogens is 1. The molecule has 36 heavy (non-hydrogen) atoms. The largest absolute Gasteiger partial charge is 0.390 e. The van der Waals surface area contributed by atoms with Crippen molar-refractivity contribution in [1.82, 2.24) is 4.90 Å². The average molecular weight is 502 g/mol. The zero-order valence-corrected chi connectivity index (χ0v) is 22.4. The van der Waals surface area contributed by atoms with E-state index in [1.807, 2.05) is 46.1 Å². The summed E-state index contributed by atoms with van der Waals surface area (Å²) in [6.45, 7) is 4.74. The second kappa shape index (κ2) is 18.9. The second-order valence-electron chi connectivity index (χ2n) is 9.77. The van der Waals surface area contributed by atoms with E-state index in [2.05, 4.69) is 24.0 Å². The highest BCUT2D eigenvalue weighted by Gasteiger charge is 2.18. The molecule has 0 aliphatic heterocycles. The fourth-order valence-corrected chi connectivity index (χ4v) is 4.47. The molecule has 6 heteroatoms. The first-order chi connectivity index (χ1) is 17.7. The number of unbranched alkanes of at least 4 members (excludes halogenated alkanes) is 10. The monoisotopic (exact) mass is 501 g/mol. The van der Waals surface area contributed by atoms with Crippen LogP contribution < -0.4 is 9.13 Å². The normalized spacial score (nSPS) is 11.1. The van der Waals surface area contributed by atoms with Crippen LogP contribution in [0.4, 0.5) is 4.39 Å². The highest BCUT2D eigenvalue weighted by molar-refractivity contribution is 5.74. The summed E-state index contributed by atoms with van der Waals surface area (Å²) >= 11 is 0. The first-order valence-electron chi connectivity index (χ1n) is 14.1. The smallest absolute Gasteiger partial charge is 0.288 e. The van der Waals surface area contributed by atoms with Gasteiger partial charge in [0.15, 0.2) is 31.3 Å². The molecular formula is C30H48FN3O2+2. The molecule has 2 rings (SSSR count). The third kappa shape index (κ3) is 12.1. The van der Waals surface area contributed by atoms with E-state index in [1.54, 1.807) is 0 Å². The van der Waals surface area contributed by atoms with Gasteiger partial charge in [0.1, 0.15) is 6.61 Å². The van der Waals surface area contributed by atoms with Crippen LogP contribution in [0.3, 0.4) is 0 Å². The number of rotatable bonds is 20. The van der Waals surface area contributed by atoms with Gasteiger partial charge in [-0.05, 0) is 30.4 Å². The van der Waals surface area contributed by atoms with E-state index in [4.69, 9.17) is 5.11 Å². The summed E-state index contributed by atoms with van der Waals surface area (Å²) in [6.07, 6.45) is 21.2. The lowest BCUT2D eigenvalue weighted by Gasteiger charge is -2.21. The first-order valence-corrected chi connectivity index (χ1v) is 14.1. The van der Waals surface area contributed by atoms with Crippen LogP contribution in [0.2, 0.25) is 0 Å². The number of pyridine rings is 2. The van der Waals surface area contributed by atoms with Gasteiger partial charge in [-0.2, -0.15) is 4.57 Å². The van der Waals surface area contributed by atoms with Crippen molar-refractivity contribution in [3.05, 3.63) is 49.1 Å². The summed E-state index contributed by atoms with van der Waals surface area (Å²) in [5, 5.41) is 9.07. The van der Waals surface area contributed by atoms with Gasteiger partial charge in [0.2, 0.25) is 6.54 Å². The maximum absolute atomic E-state index is 13.2. The number of hydrogen-bond acceptors (Lipinski definition) is 2. The van der Waals surface area contributed by atoms with Crippen LogP contribution in [0.5, 0.6) is 0 Å². The molecule has 0 fully saturated rings. The Morgan fingerprint density at radius 2 is 1.22 bits per heavy atom. The lowest BCUT2D eigenvalue weighted by molar-refractivity contribution is -0.698. The molecule has 2 heterocycles. The molecule has 0 bridgehead atoms. The molecule has 0 atom stereocenters. The number of carbonyl (C=O) groups excluding carboxylic acids is 1. The van der Waals surface area contributed by atoms with E-state index in [0.29, 0.717) is 19.5 Å². The fourth-order valence-electron chi connectivity index (χ4n) is 4.47. The third-order valence-electron chi connectivity index (χ3n) is 6.74. The molecular weight excluding hydrogens is 453 g/mol. The Balaban J connectivity index is 1.87. The number of carbonyl (C=O) groups is 1.